The van der Waals surface area contributed by atoms with Gasteiger partial charge in [0.2, 0.25) is 5.91 Å². The summed E-state index contributed by atoms with van der Waals surface area (Å²) in [5, 5.41) is 0. The average molecular weight is 668 g/mol. The Morgan fingerprint density at radius 3 is 2.22 bits per heavy atom. The van der Waals surface area contributed by atoms with Gasteiger partial charge in [0, 0.05) is 63.7 Å². The number of carbonyl (C=O) groups is 2. The van der Waals surface area contributed by atoms with Gasteiger partial charge in [-0.25, -0.2) is 4.79 Å². The minimum atomic E-state index is -0.384. The highest BCUT2D eigenvalue weighted by Crippen LogP contribution is 2.31. The van der Waals surface area contributed by atoms with Crippen LogP contribution in [-0.4, -0.2) is 82.5 Å². The summed E-state index contributed by atoms with van der Waals surface area (Å²) in [7, 11) is 4.08. The van der Waals surface area contributed by atoms with Gasteiger partial charge in [0.05, 0.1) is 32.0 Å². The maximum atomic E-state index is 14.3. The van der Waals surface area contributed by atoms with Crippen molar-refractivity contribution in [3.8, 4) is 11.1 Å². The van der Waals surface area contributed by atoms with Gasteiger partial charge in [0.15, 0.2) is 0 Å². The Bertz CT molecular complexity index is 1500. The van der Waals surface area contributed by atoms with E-state index in [0.29, 0.717) is 6.54 Å². The minimum Gasteiger partial charge on any atom is -0.460 e. The van der Waals surface area contributed by atoms with Crippen LogP contribution in [-0.2, 0) is 30.3 Å². The lowest BCUT2D eigenvalue weighted by molar-refractivity contribution is -0.141. The van der Waals surface area contributed by atoms with Crippen LogP contribution in [0.3, 0.4) is 0 Å². The highest BCUT2D eigenvalue weighted by atomic mass is 16.5. The molecule has 1 saturated heterocycles. The zero-order valence-corrected chi connectivity index (χ0v) is 29.7. The molecule has 2 aliphatic rings. The summed E-state index contributed by atoms with van der Waals surface area (Å²) in [6.07, 6.45) is 7.64. The van der Waals surface area contributed by atoms with Crippen LogP contribution in [0.2, 0.25) is 0 Å². The quantitative estimate of drug-likeness (QED) is 0.102. The number of nitrogens with zero attached hydrogens (tertiary/aromatic N) is 3. The fraction of sp³-hybridized carbons (Fsp3) is 0.463. The molecule has 0 bridgehead atoms. The van der Waals surface area contributed by atoms with Crippen molar-refractivity contribution in [2.24, 2.45) is 5.92 Å². The Labute approximate surface area is 292 Å². The smallest absolute Gasteiger partial charge is 0.331 e. The number of hydrogen-bond donors (Lipinski definition) is 0. The molecule has 8 nitrogen and oxygen atoms in total. The molecule has 2 fully saturated rings. The zero-order valence-electron chi connectivity index (χ0n) is 29.7. The fourth-order valence-corrected chi connectivity index (χ4v) is 6.53. The molecule has 3 aromatic carbocycles. The van der Waals surface area contributed by atoms with E-state index in [2.05, 4.69) is 58.3 Å². The summed E-state index contributed by atoms with van der Waals surface area (Å²) in [4.78, 5) is 32.9. The molecule has 1 heterocycles. The Balaban J connectivity index is 1.26. The molecule has 1 aliphatic heterocycles. The predicted octanol–water partition coefficient (Wildman–Crippen LogP) is 7.22. The number of amides is 1. The Hall–Kier alpha value is -3.98. The van der Waals surface area contributed by atoms with Crippen molar-refractivity contribution < 1.29 is 23.8 Å². The normalized spacial score (nSPS) is 18.5. The molecule has 1 saturated carbocycles. The fourth-order valence-electron chi connectivity index (χ4n) is 6.53. The second kappa shape index (κ2) is 18.1. The summed E-state index contributed by atoms with van der Waals surface area (Å²) < 4.78 is 17.0. The van der Waals surface area contributed by atoms with Gasteiger partial charge in [-0.15, -0.1) is 0 Å². The van der Waals surface area contributed by atoms with E-state index in [0.717, 1.165) is 105 Å². The van der Waals surface area contributed by atoms with E-state index < -0.39 is 0 Å². The van der Waals surface area contributed by atoms with Crippen molar-refractivity contribution in [3.63, 3.8) is 0 Å². The lowest BCUT2D eigenvalue weighted by atomic mass is 9.86. The van der Waals surface area contributed by atoms with Crippen molar-refractivity contribution in [1.29, 1.82) is 0 Å². The topological polar surface area (TPSA) is 71.5 Å². The first-order chi connectivity index (χ1) is 23.7. The van der Waals surface area contributed by atoms with Crippen molar-refractivity contribution in [1.82, 2.24) is 4.90 Å². The first-order valence-corrected chi connectivity index (χ1v) is 17.8. The lowest BCUT2D eigenvalue weighted by Gasteiger charge is -2.33. The molecule has 262 valence electrons. The summed E-state index contributed by atoms with van der Waals surface area (Å²) in [6.45, 7) is 9.56. The summed E-state index contributed by atoms with van der Waals surface area (Å²) in [5.41, 5.74) is 6.15. The molecule has 49 heavy (non-hydrogen) atoms. The SMILES string of the molecule is CC(C)OC(=O)/C=C/c1cccc(N(Cc2ccc(-c3ccc(N(C)C)cc3)cc2)C(=O)C2CCC(OCCCN3CCOCC3)CC2)c1. The van der Waals surface area contributed by atoms with Crippen molar-refractivity contribution in [2.45, 2.75) is 64.7 Å². The Kier molecular flexibility index (Phi) is 13.4. The van der Waals surface area contributed by atoms with Crippen LogP contribution in [0, 0.1) is 5.92 Å². The molecular formula is C41H53N3O5. The van der Waals surface area contributed by atoms with Crippen molar-refractivity contribution >= 4 is 29.3 Å². The van der Waals surface area contributed by atoms with Crippen LogP contribution < -0.4 is 9.80 Å². The second-order valence-electron chi connectivity index (χ2n) is 13.6. The van der Waals surface area contributed by atoms with Crippen LogP contribution in [0.1, 0.15) is 57.1 Å². The lowest BCUT2D eigenvalue weighted by Crippen LogP contribution is -2.39. The first-order valence-electron chi connectivity index (χ1n) is 17.8. The molecule has 0 N–H and O–H groups in total. The molecular weight excluding hydrogens is 614 g/mol. The largest absolute Gasteiger partial charge is 0.460 e. The maximum absolute atomic E-state index is 14.3. The van der Waals surface area contributed by atoms with Crippen LogP contribution in [0.15, 0.2) is 78.9 Å². The molecule has 0 spiro atoms. The molecule has 5 rings (SSSR count). The van der Waals surface area contributed by atoms with E-state index >= 15 is 0 Å². The molecule has 0 atom stereocenters. The van der Waals surface area contributed by atoms with Gasteiger partial charge in [-0.05, 0) is 98.5 Å². The van der Waals surface area contributed by atoms with Crippen molar-refractivity contribution in [2.75, 3.05) is 63.4 Å². The number of ether oxygens (including phenoxy) is 3. The Morgan fingerprint density at radius 1 is 0.898 bits per heavy atom. The van der Waals surface area contributed by atoms with Crippen LogP contribution in [0.5, 0.6) is 0 Å². The predicted molar refractivity (Wildman–Crippen MR) is 198 cm³/mol. The second-order valence-corrected chi connectivity index (χ2v) is 13.6. The van der Waals surface area contributed by atoms with E-state index in [9.17, 15) is 9.59 Å². The van der Waals surface area contributed by atoms with Gasteiger partial charge in [-0.1, -0.05) is 48.5 Å². The summed E-state index contributed by atoms with van der Waals surface area (Å²) in [6, 6.07) is 24.8. The number of rotatable bonds is 14. The Morgan fingerprint density at radius 2 is 1.57 bits per heavy atom. The molecule has 1 aliphatic carbocycles. The van der Waals surface area contributed by atoms with E-state index in [4.69, 9.17) is 14.2 Å². The molecule has 1 amide bonds. The number of morpholine rings is 1. The first kappa shape index (κ1) is 36.3. The van der Waals surface area contributed by atoms with E-state index in [1.807, 2.05) is 57.1 Å². The van der Waals surface area contributed by atoms with E-state index in [1.165, 1.54) is 6.08 Å². The average Bonchev–Trinajstić information content (AvgIpc) is 3.12. The van der Waals surface area contributed by atoms with Crippen LogP contribution >= 0.6 is 0 Å². The third kappa shape index (κ3) is 11.0. The number of benzene rings is 3. The molecule has 0 unspecified atom stereocenters. The highest BCUT2D eigenvalue weighted by molar-refractivity contribution is 5.95. The van der Waals surface area contributed by atoms with Gasteiger partial charge in [-0.2, -0.15) is 0 Å². The third-order valence-corrected chi connectivity index (χ3v) is 9.32. The standard InChI is InChI=1S/C41H53N3O5/c1-31(2)49-40(45)22-11-32-7-5-8-38(29-32)44(30-33-9-12-34(13-10-33)35-14-18-37(19-15-35)42(3)4)41(46)36-16-20-39(21-17-36)48-26-6-23-43-24-27-47-28-25-43/h5,7-15,18-19,22,29,31,36,39H,6,16-17,20-21,23-28,30H2,1-4H3/b22-11+. The number of anilines is 2. The number of esters is 1. The summed E-state index contributed by atoms with van der Waals surface area (Å²) in [5.74, 6) is -0.317. The third-order valence-electron chi connectivity index (χ3n) is 9.32. The minimum absolute atomic E-state index is 0.0668. The van der Waals surface area contributed by atoms with Gasteiger partial charge in [0.25, 0.3) is 0 Å². The number of carbonyl (C=O) groups excluding carboxylic acids is 2. The molecule has 0 radical (unpaired) electrons. The van der Waals surface area contributed by atoms with E-state index in [1.54, 1.807) is 6.08 Å². The number of hydrogen-bond acceptors (Lipinski definition) is 7. The van der Waals surface area contributed by atoms with Gasteiger partial charge >= 0.3 is 5.97 Å². The van der Waals surface area contributed by atoms with Gasteiger partial charge < -0.3 is 24.0 Å². The van der Waals surface area contributed by atoms with Crippen LogP contribution in [0.4, 0.5) is 11.4 Å². The highest BCUT2D eigenvalue weighted by Gasteiger charge is 2.31. The monoisotopic (exact) mass is 667 g/mol. The van der Waals surface area contributed by atoms with Crippen molar-refractivity contribution in [3.05, 3.63) is 90.0 Å². The van der Waals surface area contributed by atoms with Gasteiger partial charge in [0.1, 0.15) is 0 Å². The molecule has 3 aromatic rings. The zero-order chi connectivity index (χ0) is 34.6. The van der Waals surface area contributed by atoms with E-state index in [-0.39, 0.29) is 30.0 Å². The maximum Gasteiger partial charge on any atom is 0.331 e. The summed E-state index contributed by atoms with van der Waals surface area (Å²) >= 11 is 0. The van der Waals surface area contributed by atoms with Gasteiger partial charge in [-0.3, -0.25) is 9.69 Å². The molecule has 0 aromatic heterocycles. The molecule has 8 heteroatoms. The van der Waals surface area contributed by atoms with Crippen LogP contribution in [0.25, 0.3) is 17.2 Å².